The molecule has 0 saturated carbocycles. The zero-order valence-corrected chi connectivity index (χ0v) is 6.66. The van der Waals surface area contributed by atoms with Crippen LogP contribution < -0.4 is 4.74 Å². The van der Waals surface area contributed by atoms with E-state index in [-0.39, 0.29) is 5.75 Å². The van der Waals surface area contributed by atoms with Gasteiger partial charge in [0.1, 0.15) is 0 Å². The van der Waals surface area contributed by atoms with Crippen molar-refractivity contribution in [2.24, 2.45) is 0 Å². The minimum absolute atomic E-state index is 0.183. The lowest BCUT2D eigenvalue weighted by Gasteiger charge is -2.03. The first-order chi connectivity index (χ1) is 5.27. The van der Waals surface area contributed by atoms with Gasteiger partial charge in [0, 0.05) is 0 Å². The van der Waals surface area contributed by atoms with Gasteiger partial charge < -0.3 is 9.84 Å². The molecule has 0 bridgehead atoms. The number of hydrogen-bond donors (Lipinski definition) is 1. The molecule has 1 N–H and O–H groups in total. The van der Waals surface area contributed by atoms with Gasteiger partial charge in [-0.15, -0.1) is 0 Å². The molecule has 0 atom stereocenters. The van der Waals surface area contributed by atoms with E-state index in [1.165, 1.54) is 7.11 Å². The number of phenols is 1. The fourth-order valence-electron chi connectivity index (χ4n) is 0.887. The first-order valence-electron chi connectivity index (χ1n) is 3.44. The van der Waals surface area contributed by atoms with E-state index in [0.29, 0.717) is 5.75 Å². The topological polar surface area (TPSA) is 29.5 Å². The van der Waals surface area contributed by atoms with E-state index in [1.54, 1.807) is 12.1 Å². The van der Waals surface area contributed by atoms with Gasteiger partial charge in [0.15, 0.2) is 11.5 Å². The fraction of sp³-hybridized carbons (Fsp3) is 0.222. The van der Waals surface area contributed by atoms with Gasteiger partial charge in [-0.05, 0) is 24.1 Å². The second kappa shape index (κ2) is 3.28. The molecule has 2 heteroatoms. The predicted octanol–water partition coefficient (Wildman–Crippen LogP) is 1.97. The van der Waals surface area contributed by atoms with Crippen molar-refractivity contribution in [1.29, 1.82) is 0 Å². The summed E-state index contributed by atoms with van der Waals surface area (Å²) in [5.74, 6) is 0.693. The molecule has 1 radical (unpaired) electrons. The van der Waals surface area contributed by atoms with Gasteiger partial charge >= 0.3 is 0 Å². The Balaban J connectivity index is 2.99. The Kier molecular flexibility index (Phi) is 2.36. The summed E-state index contributed by atoms with van der Waals surface area (Å²) in [6.45, 7) is 1.92. The van der Waals surface area contributed by atoms with E-state index >= 15 is 0 Å². The molecule has 2 nitrogen and oxygen atoms in total. The zero-order chi connectivity index (χ0) is 8.27. The van der Waals surface area contributed by atoms with Crippen LogP contribution in [0.15, 0.2) is 18.2 Å². The zero-order valence-electron chi connectivity index (χ0n) is 6.66. The highest BCUT2D eigenvalue weighted by Gasteiger charge is 1.99. The summed E-state index contributed by atoms with van der Waals surface area (Å²) < 4.78 is 4.88. The van der Waals surface area contributed by atoms with Gasteiger partial charge in [-0.1, -0.05) is 13.0 Å². The van der Waals surface area contributed by atoms with Crippen molar-refractivity contribution >= 4 is 0 Å². The predicted molar refractivity (Wildman–Crippen MR) is 43.7 cm³/mol. The molecular weight excluding hydrogens is 140 g/mol. The van der Waals surface area contributed by atoms with Crippen LogP contribution in [0.1, 0.15) is 12.5 Å². The Labute approximate surface area is 66.4 Å². The van der Waals surface area contributed by atoms with Gasteiger partial charge in [0.25, 0.3) is 0 Å². The molecule has 0 heterocycles. The van der Waals surface area contributed by atoms with Crippen LogP contribution in [0.3, 0.4) is 0 Å². The summed E-state index contributed by atoms with van der Waals surface area (Å²) in [6.07, 6.45) is 1.92. The third kappa shape index (κ3) is 1.64. The Hall–Kier alpha value is -1.18. The molecule has 0 unspecified atom stereocenters. The summed E-state index contributed by atoms with van der Waals surface area (Å²) in [5.41, 5.74) is 0.989. The number of hydrogen-bond acceptors (Lipinski definition) is 2. The molecule has 0 aliphatic rings. The molecule has 1 rings (SSSR count). The maximum atomic E-state index is 9.28. The van der Waals surface area contributed by atoms with Crippen LogP contribution in [0.4, 0.5) is 0 Å². The molecule has 1 aromatic carbocycles. The molecule has 59 valence electrons. The SMILES string of the molecule is C[CH]c1ccc(OC)c(O)c1. The van der Waals surface area contributed by atoms with Crippen LogP contribution in [0, 0.1) is 6.42 Å². The van der Waals surface area contributed by atoms with E-state index < -0.39 is 0 Å². The van der Waals surface area contributed by atoms with Crippen molar-refractivity contribution in [3.8, 4) is 11.5 Å². The average molecular weight is 151 g/mol. The second-order valence-electron chi connectivity index (χ2n) is 2.22. The highest BCUT2D eigenvalue weighted by molar-refractivity contribution is 5.43. The van der Waals surface area contributed by atoms with Crippen LogP contribution in [-0.4, -0.2) is 12.2 Å². The molecule has 1 aromatic rings. The molecular formula is C9H11O2. The summed E-state index contributed by atoms with van der Waals surface area (Å²) >= 11 is 0. The normalized spacial score (nSPS) is 9.64. The van der Waals surface area contributed by atoms with Crippen LogP contribution in [0.5, 0.6) is 11.5 Å². The van der Waals surface area contributed by atoms with Crippen LogP contribution in [-0.2, 0) is 0 Å². The smallest absolute Gasteiger partial charge is 0.160 e. The summed E-state index contributed by atoms with van der Waals surface area (Å²) in [7, 11) is 1.53. The first kappa shape index (κ1) is 7.92. The number of ether oxygens (including phenoxy) is 1. The number of aromatic hydroxyl groups is 1. The van der Waals surface area contributed by atoms with E-state index in [1.807, 2.05) is 19.4 Å². The number of phenolic OH excluding ortho intramolecular Hbond substituents is 1. The Morgan fingerprint density at radius 2 is 2.18 bits per heavy atom. The van der Waals surface area contributed by atoms with Crippen molar-refractivity contribution in [2.45, 2.75) is 6.92 Å². The van der Waals surface area contributed by atoms with Crippen LogP contribution >= 0.6 is 0 Å². The number of methoxy groups -OCH3 is 1. The number of benzene rings is 1. The van der Waals surface area contributed by atoms with Gasteiger partial charge in [-0.2, -0.15) is 0 Å². The van der Waals surface area contributed by atoms with Crippen molar-refractivity contribution in [3.63, 3.8) is 0 Å². The molecule has 0 saturated heterocycles. The summed E-state index contributed by atoms with van der Waals surface area (Å²) in [6, 6.07) is 5.29. The Bertz CT molecular complexity index is 243. The molecule has 0 fully saturated rings. The summed E-state index contributed by atoms with van der Waals surface area (Å²) in [4.78, 5) is 0. The third-order valence-electron chi connectivity index (χ3n) is 1.54. The van der Waals surface area contributed by atoms with E-state index in [9.17, 15) is 5.11 Å². The largest absolute Gasteiger partial charge is 0.504 e. The third-order valence-corrected chi connectivity index (χ3v) is 1.54. The lowest BCUT2D eigenvalue weighted by molar-refractivity contribution is 0.373. The van der Waals surface area contributed by atoms with E-state index in [2.05, 4.69) is 0 Å². The van der Waals surface area contributed by atoms with Crippen LogP contribution in [0.25, 0.3) is 0 Å². The van der Waals surface area contributed by atoms with Crippen molar-refractivity contribution in [3.05, 3.63) is 30.2 Å². The second-order valence-corrected chi connectivity index (χ2v) is 2.22. The molecule has 0 aliphatic heterocycles. The lowest BCUT2D eigenvalue weighted by Crippen LogP contribution is -1.84. The monoisotopic (exact) mass is 151 g/mol. The summed E-state index contributed by atoms with van der Waals surface area (Å²) in [5, 5.41) is 9.28. The Morgan fingerprint density at radius 3 is 2.64 bits per heavy atom. The molecule has 11 heavy (non-hydrogen) atoms. The maximum Gasteiger partial charge on any atom is 0.160 e. The van der Waals surface area contributed by atoms with Crippen molar-refractivity contribution in [2.75, 3.05) is 7.11 Å². The van der Waals surface area contributed by atoms with E-state index in [0.717, 1.165) is 5.56 Å². The molecule has 0 amide bonds. The maximum absolute atomic E-state index is 9.28. The average Bonchev–Trinajstić information content (AvgIpc) is 2.04. The van der Waals surface area contributed by atoms with Gasteiger partial charge in [-0.25, -0.2) is 0 Å². The Morgan fingerprint density at radius 1 is 1.45 bits per heavy atom. The van der Waals surface area contributed by atoms with Crippen molar-refractivity contribution in [1.82, 2.24) is 0 Å². The highest BCUT2D eigenvalue weighted by atomic mass is 16.5. The van der Waals surface area contributed by atoms with Gasteiger partial charge in [0.05, 0.1) is 7.11 Å². The van der Waals surface area contributed by atoms with E-state index in [4.69, 9.17) is 4.74 Å². The minimum atomic E-state index is 0.183. The fourth-order valence-corrected chi connectivity index (χ4v) is 0.887. The molecule has 0 aromatic heterocycles. The first-order valence-corrected chi connectivity index (χ1v) is 3.44. The highest BCUT2D eigenvalue weighted by Crippen LogP contribution is 2.26. The van der Waals surface area contributed by atoms with Crippen LogP contribution in [0.2, 0.25) is 0 Å². The standard InChI is InChI=1S/C9H11O2/c1-3-7-4-5-9(11-2)8(10)6-7/h3-6,10H,1-2H3. The van der Waals surface area contributed by atoms with Crippen molar-refractivity contribution < 1.29 is 9.84 Å². The molecule has 0 spiro atoms. The quantitative estimate of drug-likeness (QED) is 0.700. The van der Waals surface area contributed by atoms with Gasteiger partial charge in [-0.3, -0.25) is 0 Å². The number of rotatable bonds is 2. The van der Waals surface area contributed by atoms with Gasteiger partial charge in [0.2, 0.25) is 0 Å². The minimum Gasteiger partial charge on any atom is -0.504 e. The molecule has 0 aliphatic carbocycles. The lowest BCUT2D eigenvalue weighted by atomic mass is 10.1.